The maximum atomic E-state index is 11.0. The van der Waals surface area contributed by atoms with Crippen LogP contribution in [0.1, 0.15) is 42.5 Å². The Labute approximate surface area is 128 Å². The van der Waals surface area contributed by atoms with Gasteiger partial charge in [0.2, 0.25) is 0 Å². The molecule has 0 radical (unpaired) electrons. The number of ether oxygens (including phenoxy) is 1. The van der Waals surface area contributed by atoms with Crippen LogP contribution in [0.5, 0.6) is 0 Å². The van der Waals surface area contributed by atoms with Crippen LogP contribution in [0.4, 0.5) is 0 Å². The van der Waals surface area contributed by atoms with Crippen molar-refractivity contribution in [1.82, 2.24) is 9.88 Å². The fourth-order valence-corrected chi connectivity index (χ4v) is 4.14. The molecule has 6 heteroatoms. The van der Waals surface area contributed by atoms with E-state index in [0.717, 1.165) is 37.4 Å². The molecule has 1 atom stereocenters. The lowest BCUT2D eigenvalue weighted by Crippen LogP contribution is -2.58. The number of carboxylic acids is 1. The van der Waals surface area contributed by atoms with E-state index in [1.807, 2.05) is 6.20 Å². The van der Waals surface area contributed by atoms with Gasteiger partial charge >= 0.3 is 5.97 Å². The predicted molar refractivity (Wildman–Crippen MR) is 80.5 cm³/mol. The van der Waals surface area contributed by atoms with E-state index in [2.05, 4.69) is 16.8 Å². The first-order valence-electron chi connectivity index (χ1n) is 7.64. The van der Waals surface area contributed by atoms with Crippen molar-refractivity contribution < 1.29 is 14.6 Å². The number of rotatable bonds is 5. The molecule has 0 amide bonds. The van der Waals surface area contributed by atoms with Gasteiger partial charge in [0.25, 0.3) is 0 Å². The standard InChI is InChI=1S/C15H22N2O3S/c1-2-12-7-16-13(21-12)9-17-8-11(6-14(18)19)20-15(10-17)4-3-5-15/h7,11H,2-6,8-10H2,1H3,(H,18,19). The normalized spacial score (nSPS) is 24.9. The summed E-state index contributed by atoms with van der Waals surface area (Å²) in [5, 5.41) is 10.2. The molecule has 1 aromatic heterocycles. The highest BCUT2D eigenvalue weighted by atomic mass is 32.1. The Balaban J connectivity index is 1.66. The average molecular weight is 310 g/mol. The Morgan fingerprint density at radius 3 is 3.00 bits per heavy atom. The van der Waals surface area contributed by atoms with Gasteiger partial charge in [0.1, 0.15) is 5.01 Å². The number of aliphatic carboxylic acids is 1. The van der Waals surface area contributed by atoms with Gasteiger partial charge in [-0.05, 0) is 25.7 Å². The molecule has 1 aromatic rings. The van der Waals surface area contributed by atoms with E-state index in [1.54, 1.807) is 11.3 Å². The van der Waals surface area contributed by atoms with Gasteiger partial charge in [0.15, 0.2) is 0 Å². The quantitative estimate of drug-likeness (QED) is 0.904. The largest absolute Gasteiger partial charge is 0.481 e. The van der Waals surface area contributed by atoms with Gasteiger partial charge in [-0.2, -0.15) is 0 Å². The molecule has 21 heavy (non-hydrogen) atoms. The summed E-state index contributed by atoms with van der Waals surface area (Å²) >= 11 is 1.76. The van der Waals surface area contributed by atoms with Crippen LogP contribution >= 0.6 is 11.3 Å². The zero-order valence-electron chi connectivity index (χ0n) is 12.4. The third-order valence-corrected chi connectivity index (χ3v) is 5.49. The second kappa shape index (κ2) is 6.02. The van der Waals surface area contributed by atoms with Crippen LogP contribution in [-0.4, -0.2) is 45.8 Å². The number of aromatic nitrogens is 1. The summed E-state index contributed by atoms with van der Waals surface area (Å²) in [4.78, 5) is 19.1. The number of thiazole rings is 1. The Kier molecular flexibility index (Phi) is 4.28. The lowest BCUT2D eigenvalue weighted by molar-refractivity contribution is -0.196. The zero-order valence-corrected chi connectivity index (χ0v) is 13.2. The number of hydrogen-bond donors (Lipinski definition) is 1. The van der Waals surface area contributed by atoms with Gasteiger partial charge < -0.3 is 9.84 Å². The Bertz CT molecular complexity index is 513. The minimum atomic E-state index is -0.779. The van der Waals surface area contributed by atoms with E-state index in [1.165, 1.54) is 11.3 Å². The first-order valence-corrected chi connectivity index (χ1v) is 8.46. The minimum absolute atomic E-state index is 0.0936. The van der Waals surface area contributed by atoms with Crippen molar-refractivity contribution >= 4 is 17.3 Å². The Hall–Kier alpha value is -0.980. The van der Waals surface area contributed by atoms with E-state index >= 15 is 0 Å². The van der Waals surface area contributed by atoms with Gasteiger partial charge in [-0.1, -0.05) is 6.92 Å². The molecule has 0 bridgehead atoms. The third-order valence-electron chi connectivity index (χ3n) is 4.37. The summed E-state index contributed by atoms with van der Waals surface area (Å²) in [6.45, 7) is 4.55. The molecule has 1 saturated carbocycles. The Morgan fingerprint density at radius 1 is 1.62 bits per heavy atom. The molecule has 3 rings (SSSR count). The molecular weight excluding hydrogens is 288 g/mol. The second-order valence-electron chi connectivity index (χ2n) is 6.12. The lowest BCUT2D eigenvalue weighted by Gasteiger charge is -2.51. The van der Waals surface area contributed by atoms with Gasteiger partial charge in [-0.3, -0.25) is 9.69 Å². The van der Waals surface area contributed by atoms with E-state index in [0.29, 0.717) is 6.54 Å². The number of nitrogens with zero attached hydrogens (tertiary/aromatic N) is 2. The van der Waals surface area contributed by atoms with Crippen molar-refractivity contribution in [3.63, 3.8) is 0 Å². The smallest absolute Gasteiger partial charge is 0.306 e. The summed E-state index contributed by atoms with van der Waals surface area (Å²) in [5.74, 6) is -0.779. The molecule has 1 aliphatic carbocycles. The average Bonchev–Trinajstić information content (AvgIpc) is 2.83. The van der Waals surface area contributed by atoms with Crippen molar-refractivity contribution in [3.05, 3.63) is 16.1 Å². The Morgan fingerprint density at radius 2 is 2.43 bits per heavy atom. The maximum absolute atomic E-state index is 11.0. The summed E-state index contributed by atoms with van der Waals surface area (Å²) in [6, 6.07) is 0. The van der Waals surface area contributed by atoms with Crippen LogP contribution in [-0.2, 0) is 22.5 Å². The molecule has 1 unspecified atom stereocenters. The third kappa shape index (κ3) is 3.44. The lowest BCUT2D eigenvalue weighted by atomic mass is 9.78. The molecule has 2 fully saturated rings. The van der Waals surface area contributed by atoms with Crippen molar-refractivity contribution in [3.8, 4) is 0 Å². The summed E-state index contributed by atoms with van der Waals surface area (Å²) in [6.07, 6.45) is 6.17. The van der Waals surface area contributed by atoms with Gasteiger partial charge in [-0.15, -0.1) is 11.3 Å². The summed E-state index contributed by atoms with van der Waals surface area (Å²) < 4.78 is 6.08. The SMILES string of the molecule is CCc1cnc(CN2CC(CC(=O)O)OC3(CCC3)C2)s1. The molecule has 1 saturated heterocycles. The van der Waals surface area contributed by atoms with Crippen molar-refractivity contribution in [2.75, 3.05) is 13.1 Å². The van der Waals surface area contributed by atoms with Crippen molar-refractivity contribution in [2.24, 2.45) is 0 Å². The first-order chi connectivity index (χ1) is 10.1. The highest BCUT2D eigenvalue weighted by Crippen LogP contribution is 2.40. The van der Waals surface area contributed by atoms with E-state index in [-0.39, 0.29) is 18.1 Å². The molecule has 1 aliphatic heterocycles. The van der Waals surface area contributed by atoms with Gasteiger partial charge in [0.05, 0.1) is 24.7 Å². The van der Waals surface area contributed by atoms with Crippen LogP contribution < -0.4 is 0 Å². The highest BCUT2D eigenvalue weighted by molar-refractivity contribution is 7.11. The molecule has 1 spiro atoms. The number of carbonyl (C=O) groups is 1. The summed E-state index contributed by atoms with van der Waals surface area (Å²) in [7, 11) is 0. The monoisotopic (exact) mass is 310 g/mol. The maximum Gasteiger partial charge on any atom is 0.306 e. The van der Waals surface area contributed by atoms with Gasteiger partial charge in [-0.25, -0.2) is 4.98 Å². The minimum Gasteiger partial charge on any atom is -0.481 e. The van der Waals surface area contributed by atoms with Crippen LogP contribution in [0.2, 0.25) is 0 Å². The molecule has 1 N–H and O–H groups in total. The molecule has 0 aromatic carbocycles. The van der Waals surface area contributed by atoms with Crippen LogP contribution in [0.25, 0.3) is 0 Å². The molecule has 2 heterocycles. The zero-order chi connectivity index (χ0) is 14.9. The van der Waals surface area contributed by atoms with E-state index in [9.17, 15) is 4.79 Å². The van der Waals surface area contributed by atoms with Crippen LogP contribution in [0.15, 0.2) is 6.20 Å². The first kappa shape index (κ1) is 14.9. The molecule has 2 aliphatic rings. The number of carboxylic acid groups (broad SMARTS) is 1. The van der Waals surface area contributed by atoms with Crippen LogP contribution in [0, 0.1) is 0 Å². The molecule has 5 nitrogen and oxygen atoms in total. The molecular formula is C15H22N2O3S. The summed E-state index contributed by atoms with van der Waals surface area (Å²) in [5.41, 5.74) is -0.0940. The number of morpholine rings is 1. The number of hydrogen-bond acceptors (Lipinski definition) is 5. The van der Waals surface area contributed by atoms with Crippen LogP contribution in [0.3, 0.4) is 0 Å². The number of aryl methyl sites for hydroxylation is 1. The fraction of sp³-hybridized carbons (Fsp3) is 0.733. The highest BCUT2D eigenvalue weighted by Gasteiger charge is 2.45. The molecule has 116 valence electrons. The topological polar surface area (TPSA) is 62.7 Å². The van der Waals surface area contributed by atoms with Crippen molar-refractivity contribution in [1.29, 1.82) is 0 Å². The fourth-order valence-electron chi connectivity index (χ4n) is 3.23. The van der Waals surface area contributed by atoms with Gasteiger partial charge in [0, 0.05) is 24.2 Å². The van der Waals surface area contributed by atoms with E-state index in [4.69, 9.17) is 9.84 Å². The van der Waals surface area contributed by atoms with Crippen molar-refractivity contribution in [2.45, 2.75) is 57.3 Å². The van der Waals surface area contributed by atoms with E-state index < -0.39 is 5.97 Å². The predicted octanol–water partition coefficient (Wildman–Crippen LogP) is 2.30. The second-order valence-corrected chi connectivity index (χ2v) is 7.32.